The molecule has 0 spiro atoms. The first kappa shape index (κ1) is 23.2. The van der Waals surface area contributed by atoms with Crippen molar-refractivity contribution in [2.75, 3.05) is 44.7 Å². The second-order valence-corrected chi connectivity index (χ2v) is 6.60. The summed E-state index contributed by atoms with van der Waals surface area (Å²) < 4.78 is 10.9. The zero-order valence-corrected chi connectivity index (χ0v) is 17.9. The van der Waals surface area contributed by atoms with Gasteiger partial charge in [-0.2, -0.15) is 0 Å². The summed E-state index contributed by atoms with van der Waals surface area (Å²) in [5.74, 6) is 0.941. The van der Waals surface area contributed by atoms with Crippen molar-refractivity contribution in [2.24, 2.45) is 0 Å². The van der Waals surface area contributed by atoms with Crippen LogP contribution in [0.3, 0.4) is 0 Å². The standard InChI is InChI=1S/C23H31N3O4/c1-4-26(5-2)16-15-24-23(28)18-7-9-19(10-8-18)25-22(27)17-30-21-13-11-20(12-14-21)29-6-3/h7-14H,4-6,15-17H2,1-3H3,(H,24,28)(H,25,27). The fourth-order valence-corrected chi connectivity index (χ4v) is 2.82. The number of benzene rings is 2. The van der Waals surface area contributed by atoms with E-state index in [2.05, 4.69) is 29.4 Å². The molecule has 7 heteroatoms. The van der Waals surface area contributed by atoms with Crippen LogP contribution >= 0.6 is 0 Å². The largest absolute Gasteiger partial charge is 0.494 e. The number of amides is 2. The van der Waals surface area contributed by atoms with E-state index in [0.717, 1.165) is 25.4 Å². The summed E-state index contributed by atoms with van der Waals surface area (Å²) >= 11 is 0. The molecule has 30 heavy (non-hydrogen) atoms. The minimum absolute atomic E-state index is 0.110. The second-order valence-electron chi connectivity index (χ2n) is 6.60. The summed E-state index contributed by atoms with van der Waals surface area (Å²) in [6.45, 7) is 9.94. The van der Waals surface area contributed by atoms with E-state index in [1.54, 1.807) is 48.5 Å². The first-order valence-electron chi connectivity index (χ1n) is 10.3. The Bertz CT molecular complexity index is 787. The van der Waals surface area contributed by atoms with Crippen molar-refractivity contribution in [3.8, 4) is 11.5 Å². The lowest BCUT2D eigenvalue weighted by Crippen LogP contribution is -2.34. The van der Waals surface area contributed by atoms with Crippen LogP contribution in [-0.2, 0) is 4.79 Å². The van der Waals surface area contributed by atoms with Gasteiger partial charge in [-0.25, -0.2) is 0 Å². The molecule has 0 aliphatic rings. The minimum Gasteiger partial charge on any atom is -0.494 e. The predicted molar refractivity (Wildman–Crippen MR) is 118 cm³/mol. The second kappa shape index (κ2) is 12.5. The van der Waals surface area contributed by atoms with Gasteiger partial charge in [-0.05, 0) is 68.5 Å². The molecule has 2 aromatic rings. The minimum atomic E-state index is -0.277. The third-order valence-corrected chi connectivity index (χ3v) is 4.54. The maximum absolute atomic E-state index is 12.2. The Balaban J connectivity index is 1.76. The number of nitrogens with zero attached hydrogens (tertiary/aromatic N) is 1. The van der Waals surface area contributed by atoms with Crippen molar-refractivity contribution in [3.05, 3.63) is 54.1 Å². The Kier molecular flexibility index (Phi) is 9.67. The SMILES string of the molecule is CCOc1ccc(OCC(=O)Nc2ccc(C(=O)NCCN(CC)CC)cc2)cc1. The van der Waals surface area contributed by atoms with Gasteiger partial charge in [0.15, 0.2) is 6.61 Å². The summed E-state index contributed by atoms with van der Waals surface area (Å²) in [6, 6.07) is 13.9. The molecule has 2 amide bonds. The summed E-state index contributed by atoms with van der Waals surface area (Å²) in [7, 11) is 0. The molecule has 2 aromatic carbocycles. The number of hydrogen-bond acceptors (Lipinski definition) is 5. The highest BCUT2D eigenvalue weighted by Gasteiger charge is 2.08. The van der Waals surface area contributed by atoms with E-state index in [9.17, 15) is 9.59 Å². The lowest BCUT2D eigenvalue weighted by atomic mass is 10.2. The maximum Gasteiger partial charge on any atom is 0.262 e. The van der Waals surface area contributed by atoms with Crippen molar-refractivity contribution in [2.45, 2.75) is 20.8 Å². The average Bonchev–Trinajstić information content (AvgIpc) is 2.77. The number of carbonyl (C=O) groups excluding carboxylic acids is 2. The van der Waals surface area contributed by atoms with Gasteiger partial charge < -0.3 is 25.0 Å². The van der Waals surface area contributed by atoms with Gasteiger partial charge in [0.25, 0.3) is 11.8 Å². The van der Waals surface area contributed by atoms with Gasteiger partial charge >= 0.3 is 0 Å². The Morgan fingerprint density at radius 3 is 2.03 bits per heavy atom. The Hall–Kier alpha value is -3.06. The summed E-state index contributed by atoms with van der Waals surface area (Å²) in [6.07, 6.45) is 0. The van der Waals surface area contributed by atoms with Gasteiger partial charge in [0.1, 0.15) is 11.5 Å². The molecular weight excluding hydrogens is 382 g/mol. The molecule has 0 unspecified atom stereocenters. The monoisotopic (exact) mass is 413 g/mol. The van der Waals surface area contributed by atoms with Crippen LogP contribution in [0, 0.1) is 0 Å². The lowest BCUT2D eigenvalue weighted by molar-refractivity contribution is -0.118. The van der Waals surface area contributed by atoms with Gasteiger partial charge in [-0.15, -0.1) is 0 Å². The van der Waals surface area contributed by atoms with Crippen molar-refractivity contribution >= 4 is 17.5 Å². The van der Waals surface area contributed by atoms with E-state index in [1.807, 2.05) is 6.92 Å². The Morgan fingerprint density at radius 2 is 1.47 bits per heavy atom. The Labute approximate surface area is 178 Å². The van der Waals surface area contributed by atoms with Gasteiger partial charge in [-0.1, -0.05) is 13.8 Å². The molecular formula is C23H31N3O4. The topological polar surface area (TPSA) is 79.9 Å². The van der Waals surface area contributed by atoms with Crippen molar-refractivity contribution in [3.63, 3.8) is 0 Å². The van der Waals surface area contributed by atoms with Crippen LogP contribution < -0.4 is 20.1 Å². The summed E-state index contributed by atoms with van der Waals surface area (Å²) in [5.41, 5.74) is 1.16. The van der Waals surface area contributed by atoms with Crippen LogP contribution in [0.25, 0.3) is 0 Å². The summed E-state index contributed by atoms with van der Waals surface area (Å²) in [4.78, 5) is 26.6. The smallest absolute Gasteiger partial charge is 0.262 e. The number of carbonyl (C=O) groups is 2. The number of likely N-dealkylation sites (N-methyl/N-ethyl adjacent to an activating group) is 1. The van der Waals surface area contributed by atoms with E-state index in [-0.39, 0.29) is 18.4 Å². The van der Waals surface area contributed by atoms with Gasteiger partial charge in [0, 0.05) is 24.3 Å². The molecule has 2 N–H and O–H groups in total. The Morgan fingerprint density at radius 1 is 0.867 bits per heavy atom. The summed E-state index contributed by atoms with van der Waals surface area (Å²) in [5, 5.41) is 5.67. The molecule has 0 saturated carbocycles. The lowest BCUT2D eigenvalue weighted by Gasteiger charge is -2.18. The maximum atomic E-state index is 12.2. The van der Waals surface area contributed by atoms with E-state index in [1.165, 1.54) is 0 Å². The average molecular weight is 414 g/mol. The first-order valence-corrected chi connectivity index (χ1v) is 10.3. The van der Waals surface area contributed by atoms with Crippen LogP contribution in [0.1, 0.15) is 31.1 Å². The third-order valence-electron chi connectivity index (χ3n) is 4.54. The van der Waals surface area contributed by atoms with Gasteiger partial charge in [0.05, 0.1) is 6.61 Å². The number of hydrogen-bond donors (Lipinski definition) is 2. The van der Waals surface area contributed by atoms with Crippen molar-refractivity contribution in [1.82, 2.24) is 10.2 Å². The molecule has 0 radical (unpaired) electrons. The van der Waals surface area contributed by atoms with Gasteiger partial charge in [-0.3, -0.25) is 9.59 Å². The van der Waals surface area contributed by atoms with Gasteiger partial charge in [0.2, 0.25) is 0 Å². The zero-order valence-electron chi connectivity index (χ0n) is 17.9. The van der Waals surface area contributed by atoms with Crippen LogP contribution in [0.4, 0.5) is 5.69 Å². The highest BCUT2D eigenvalue weighted by Crippen LogP contribution is 2.17. The number of ether oxygens (including phenoxy) is 2. The normalized spacial score (nSPS) is 10.5. The molecule has 7 nitrogen and oxygen atoms in total. The van der Waals surface area contributed by atoms with Crippen molar-refractivity contribution in [1.29, 1.82) is 0 Å². The first-order chi connectivity index (χ1) is 14.5. The van der Waals surface area contributed by atoms with Crippen LogP contribution in [0.2, 0.25) is 0 Å². The molecule has 0 heterocycles. The van der Waals surface area contributed by atoms with Crippen LogP contribution in [-0.4, -0.2) is 56.1 Å². The number of nitrogens with one attached hydrogen (secondary N) is 2. The van der Waals surface area contributed by atoms with E-state index < -0.39 is 0 Å². The van der Waals surface area contributed by atoms with E-state index >= 15 is 0 Å². The molecule has 0 aliphatic heterocycles. The molecule has 162 valence electrons. The molecule has 0 atom stereocenters. The third kappa shape index (κ3) is 7.75. The molecule has 2 rings (SSSR count). The van der Waals surface area contributed by atoms with E-state index in [4.69, 9.17) is 9.47 Å². The van der Waals surface area contributed by atoms with Crippen LogP contribution in [0.5, 0.6) is 11.5 Å². The van der Waals surface area contributed by atoms with Crippen LogP contribution in [0.15, 0.2) is 48.5 Å². The quantitative estimate of drug-likeness (QED) is 0.559. The predicted octanol–water partition coefficient (Wildman–Crippen LogP) is 3.17. The number of rotatable bonds is 12. The molecule has 0 saturated heterocycles. The zero-order chi connectivity index (χ0) is 21.8. The fraction of sp³-hybridized carbons (Fsp3) is 0.391. The fourth-order valence-electron chi connectivity index (χ4n) is 2.82. The van der Waals surface area contributed by atoms with Crippen molar-refractivity contribution < 1.29 is 19.1 Å². The number of anilines is 1. The highest BCUT2D eigenvalue weighted by atomic mass is 16.5. The molecule has 0 bridgehead atoms. The highest BCUT2D eigenvalue weighted by molar-refractivity contribution is 5.96. The van der Waals surface area contributed by atoms with E-state index in [0.29, 0.717) is 30.2 Å². The molecule has 0 aromatic heterocycles. The molecule has 0 fully saturated rings. The molecule has 0 aliphatic carbocycles.